The van der Waals surface area contributed by atoms with Gasteiger partial charge in [0.2, 0.25) is 11.8 Å². The van der Waals surface area contributed by atoms with E-state index in [9.17, 15) is 14.4 Å². The number of ether oxygens (including phenoxy) is 1. The van der Waals surface area contributed by atoms with E-state index in [0.717, 1.165) is 4.90 Å². The number of allylic oxidation sites excluding steroid dienone is 1. The molecular formula is C11H13NO4. The minimum atomic E-state index is -0.599. The molecule has 0 bridgehead atoms. The molecule has 2 aliphatic rings. The summed E-state index contributed by atoms with van der Waals surface area (Å²) < 4.78 is 5.05. The Bertz CT molecular complexity index is 387. The molecule has 0 aromatic rings. The molecular weight excluding hydrogens is 210 g/mol. The lowest BCUT2D eigenvalue weighted by Crippen LogP contribution is -2.35. The van der Waals surface area contributed by atoms with Crippen molar-refractivity contribution in [1.82, 2.24) is 4.90 Å². The van der Waals surface area contributed by atoms with Crippen LogP contribution in [0.25, 0.3) is 0 Å². The first-order valence-electron chi connectivity index (χ1n) is 5.17. The van der Waals surface area contributed by atoms with Gasteiger partial charge in [0.25, 0.3) is 0 Å². The fourth-order valence-electron chi connectivity index (χ4n) is 2.31. The van der Waals surface area contributed by atoms with E-state index >= 15 is 0 Å². The number of carbonyl (C=O) groups is 3. The van der Waals surface area contributed by atoms with Crippen LogP contribution in [0.1, 0.15) is 13.3 Å². The first kappa shape index (κ1) is 10.9. The zero-order valence-electron chi connectivity index (χ0n) is 9.17. The van der Waals surface area contributed by atoms with Crippen LogP contribution in [0.2, 0.25) is 0 Å². The molecule has 3 atom stereocenters. The minimum absolute atomic E-state index is 0.184. The van der Waals surface area contributed by atoms with Gasteiger partial charge in [-0.2, -0.15) is 0 Å². The van der Waals surface area contributed by atoms with Crippen molar-refractivity contribution in [2.45, 2.75) is 19.4 Å². The van der Waals surface area contributed by atoms with Gasteiger partial charge in [-0.05, 0) is 12.5 Å². The number of nitrogens with zero attached hydrogens (tertiary/aromatic N) is 1. The highest BCUT2D eigenvalue weighted by Crippen LogP contribution is 2.35. The summed E-state index contributed by atoms with van der Waals surface area (Å²) in [6.45, 7) is 1.29. The summed E-state index contributed by atoms with van der Waals surface area (Å²) in [5.41, 5.74) is 0. The van der Waals surface area contributed by atoms with Gasteiger partial charge in [-0.1, -0.05) is 6.08 Å². The zero-order valence-corrected chi connectivity index (χ0v) is 9.17. The van der Waals surface area contributed by atoms with E-state index < -0.39 is 18.0 Å². The topological polar surface area (TPSA) is 63.7 Å². The van der Waals surface area contributed by atoms with Crippen molar-refractivity contribution >= 4 is 17.8 Å². The number of hydrogen-bond acceptors (Lipinski definition) is 4. The molecule has 0 N–H and O–H groups in total. The molecule has 0 spiro atoms. The molecule has 0 saturated carbocycles. The molecule has 2 rings (SSSR count). The Hall–Kier alpha value is -1.65. The average Bonchev–Trinajstić information content (AvgIpc) is 2.44. The summed E-state index contributed by atoms with van der Waals surface area (Å²) in [6.07, 6.45) is 3.42. The van der Waals surface area contributed by atoms with Gasteiger partial charge in [0.15, 0.2) is 0 Å². The maximum Gasteiger partial charge on any atom is 0.303 e. The Morgan fingerprint density at radius 2 is 2.12 bits per heavy atom. The lowest BCUT2D eigenvalue weighted by Gasteiger charge is -2.25. The van der Waals surface area contributed by atoms with Crippen molar-refractivity contribution in [3.63, 3.8) is 0 Å². The Balaban J connectivity index is 2.27. The van der Waals surface area contributed by atoms with E-state index in [4.69, 9.17) is 4.74 Å². The van der Waals surface area contributed by atoms with Crippen molar-refractivity contribution in [2.75, 3.05) is 7.05 Å². The summed E-state index contributed by atoms with van der Waals surface area (Å²) in [4.78, 5) is 35.6. The van der Waals surface area contributed by atoms with Crippen LogP contribution >= 0.6 is 0 Å². The minimum Gasteiger partial charge on any atom is -0.457 e. The predicted molar refractivity (Wildman–Crippen MR) is 54.1 cm³/mol. The molecule has 2 amide bonds. The molecule has 5 heteroatoms. The van der Waals surface area contributed by atoms with Gasteiger partial charge >= 0.3 is 5.97 Å². The fourth-order valence-corrected chi connectivity index (χ4v) is 2.31. The molecule has 5 nitrogen and oxygen atoms in total. The van der Waals surface area contributed by atoms with Crippen LogP contribution in [-0.2, 0) is 19.1 Å². The number of carbonyl (C=O) groups excluding carboxylic acids is 3. The zero-order chi connectivity index (χ0) is 11.9. The molecule has 1 aliphatic heterocycles. The van der Waals surface area contributed by atoms with E-state index in [2.05, 4.69) is 0 Å². The predicted octanol–water partition coefficient (Wildman–Crippen LogP) is 0.109. The fraction of sp³-hybridized carbons (Fsp3) is 0.545. The van der Waals surface area contributed by atoms with E-state index in [1.807, 2.05) is 0 Å². The molecule has 1 saturated heterocycles. The third-order valence-electron chi connectivity index (χ3n) is 3.07. The number of fused-ring (bicyclic) bond motifs is 1. The quantitative estimate of drug-likeness (QED) is 0.359. The molecule has 86 valence electrons. The van der Waals surface area contributed by atoms with Crippen molar-refractivity contribution in [1.29, 1.82) is 0 Å². The lowest BCUT2D eigenvalue weighted by molar-refractivity contribution is -0.149. The smallest absolute Gasteiger partial charge is 0.303 e. The second kappa shape index (κ2) is 3.73. The lowest BCUT2D eigenvalue weighted by atomic mass is 9.83. The van der Waals surface area contributed by atoms with Gasteiger partial charge in [-0.25, -0.2) is 0 Å². The maximum atomic E-state index is 11.8. The second-order valence-corrected chi connectivity index (χ2v) is 4.11. The molecule has 1 aliphatic carbocycles. The third-order valence-corrected chi connectivity index (χ3v) is 3.07. The average molecular weight is 223 g/mol. The van der Waals surface area contributed by atoms with Crippen molar-refractivity contribution in [2.24, 2.45) is 11.8 Å². The van der Waals surface area contributed by atoms with Gasteiger partial charge in [-0.15, -0.1) is 0 Å². The highest BCUT2D eigenvalue weighted by Gasteiger charge is 2.50. The molecule has 0 unspecified atom stereocenters. The SMILES string of the molecule is CC(=O)O[C@@H]1C=CC[C@@H]2C(=O)N(C)C(=O)[C@@H]21. The standard InChI is InChI=1S/C11H13NO4/c1-6(13)16-8-5-3-4-7-9(8)11(15)12(2)10(7)14/h3,5,7-9H,4H2,1-2H3/t7-,8+,9-/m0/s1. The Morgan fingerprint density at radius 1 is 1.44 bits per heavy atom. The maximum absolute atomic E-state index is 11.8. The molecule has 1 fully saturated rings. The normalized spacial score (nSPS) is 32.9. The van der Waals surface area contributed by atoms with Crippen molar-refractivity contribution < 1.29 is 19.1 Å². The van der Waals surface area contributed by atoms with E-state index in [1.54, 1.807) is 12.2 Å². The van der Waals surface area contributed by atoms with Gasteiger partial charge in [0.1, 0.15) is 6.10 Å². The summed E-state index contributed by atoms with van der Waals surface area (Å²) >= 11 is 0. The van der Waals surface area contributed by atoms with Gasteiger partial charge in [0.05, 0.1) is 11.8 Å². The van der Waals surface area contributed by atoms with Crippen LogP contribution in [-0.4, -0.2) is 35.8 Å². The van der Waals surface area contributed by atoms with Gasteiger partial charge in [-0.3, -0.25) is 19.3 Å². The summed E-state index contributed by atoms with van der Waals surface area (Å²) in [5.74, 6) is -1.79. The van der Waals surface area contributed by atoms with Crippen LogP contribution < -0.4 is 0 Å². The highest BCUT2D eigenvalue weighted by atomic mass is 16.5. The van der Waals surface area contributed by atoms with E-state index in [0.29, 0.717) is 6.42 Å². The van der Waals surface area contributed by atoms with Crippen LogP contribution in [0.4, 0.5) is 0 Å². The Morgan fingerprint density at radius 3 is 2.75 bits per heavy atom. The monoisotopic (exact) mass is 223 g/mol. The van der Waals surface area contributed by atoms with Crippen LogP contribution in [0.15, 0.2) is 12.2 Å². The highest BCUT2D eigenvalue weighted by molar-refractivity contribution is 6.05. The molecule has 0 aromatic carbocycles. The van der Waals surface area contributed by atoms with Crippen LogP contribution in [0, 0.1) is 11.8 Å². The molecule has 16 heavy (non-hydrogen) atoms. The number of hydrogen-bond donors (Lipinski definition) is 0. The Labute approximate surface area is 93.0 Å². The second-order valence-electron chi connectivity index (χ2n) is 4.11. The van der Waals surface area contributed by atoms with E-state index in [-0.39, 0.29) is 17.7 Å². The number of amides is 2. The van der Waals surface area contributed by atoms with Crippen LogP contribution in [0.3, 0.4) is 0 Å². The Kier molecular flexibility index (Phi) is 2.53. The van der Waals surface area contributed by atoms with Crippen molar-refractivity contribution in [3.8, 4) is 0 Å². The van der Waals surface area contributed by atoms with Crippen LogP contribution in [0.5, 0.6) is 0 Å². The number of esters is 1. The van der Waals surface area contributed by atoms with E-state index in [1.165, 1.54) is 14.0 Å². The molecule has 0 aromatic heterocycles. The summed E-state index contributed by atoms with van der Waals surface area (Å²) in [7, 11) is 1.47. The number of imide groups is 1. The first-order valence-corrected chi connectivity index (χ1v) is 5.17. The molecule has 1 heterocycles. The number of likely N-dealkylation sites (tertiary alicyclic amines) is 1. The summed E-state index contributed by atoms with van der Waals surface area (Å²) in [6, 6.07) is 0. The largest absolute Gasteiger partial charge is 0.457 e. The summed E-state index contributed by atoms with van der Waals surface area (Å²) in [5, 5.41) is 0. The third kappa shape index (κ3) is 1.52. The number of rotatable bonds is 1. The molecule has 0 radical (unpaired) electrons. The van der Waals surface area contributed by atoms with Gasteiger partial charge in [0, 0.05) is 14.0 Å². The first-order chi connectivity index (χ1) is 7.52. The van der Waals surface area contributed by atoms with Crippen molar-refractivity contribution in [3.05, 3.63) is 12.2 Å². The van der Waals surface area contributed by atoms with Gasteiger partial charge < -0.3 is 4.74 Å².